The predicted molar refractivity (Wildman–Crippen MR) is 120 cm³/mol. The summed E-state index contributed by atoms with van der Waals surface area (Å²) >= 11 is -2.70. The number of rotatable bonds is 13. The summed E-state index contributed by atoms with van der Waals surface area (Å²) in [5.74, 6) is -0.908. The Kier molecular flexibility index (Phi) is 11.4. The molecule has 0 saturated carbocycles. The van der Waals surface area contributed by atoms with Gasteiger partial charge in [-0.05, 0) is 0 Å². The quantitative estimate of drug-likeness (QED) is 0.330. The third-order valence-electron chi connectivity index (χ3n) is 4.73. The van der Waals surface area contributed by atoms with Crippen LogP contribution in [-0.2, 0) is 21.2 Å². The predicted octanol–water partition coefficient (Wildman–Crippen LogP) is 2.61. The zero-order valence-electron chi connectivity index (χ0n) is 18.2. The van der Waals surface area contributed by atoms with Gasteiger partial charge < -0.3 is 5.11 Å². The summed E-state index contributed by atoms with van der Waals surface area (Å²) in [5.41, 5.74) is 1.40. The van der Waals surface area contributed by atoms with Crippen molar-refractivity contribution < 1.29 is 24.5 Å². The number of benzene rings is 1. The van der Waals surface area contributed by atoms with Gasteiger partial charge in [-0.1, -0.05) is 0 Å². The SMILES string of the molecule is CC[O][PoH]([CH2]P(=O)(CN1CCN(Cc2ccc(C(=O)O)cc2)CC1)OCC)[O]CC. The van der Waals surface area contributed by atoms with E-state index in [1.807, 2.05) is 32.9 Å². The van der Waals surface area contributed by atoms with Crippen molar-refractivity contribution in [3.05, 3.63) is 35.4 Å². The maximum atomic E-state index is 13.5. The summed E-state index contributed by atoms with van der Waals surface area (Å²) < 4.78 is 31.3. The zero-order chi connectivity index (χ0) is 22.0. The number of aromatic carboxylic acids is 1. The van der Waals surface area contributed by atoms with Gasteiger partial charge in [-0.2, -0.15) is 0 Å². The van der Waals surface area contributed by atoms with Crippen molar-refractivity contribution in [3.8, 4) is 0 Å². The molecule has 0 amide bonds. The van der Waals surface area contributed by atoms with E-state index in [0.717, 1.165) is 38.3 Å². The number of hydrogen-bond acceptors (Lipinski definition) is 7. The second-order valence-electron chi connectivity index (χ2n) is 7.08. The van der Waals surface area contributed by atoms with Crippen molar-refractivity contribution in [2.24, 2.45) is 0 Å². The van der Waals surface area contributed by atoms with Crippen molar-refractivity contribution in [2.45, 2.75) is 27.3 Å². The van der Waals surface area contributed by atoms with E-state index in [4.69, 9.17) is 15.2 Å². The second kappa shape index (κ2) is 13.2. The zero-order valence-corrected chi connectivity index (χ0v) is 22.5. The molecule has 1 aliphatic rings. The first-order chi connectivity index (χ1) is 14.4. The molecular weight excluding hydrogens is 604 g/mol. The Labute approximate surface area is 189 Å². The Hall–Kier alpha value is -0.384. The molecule has 1 heterocycles. The summed E-state index contributed by atoms with van der Waals surface area (Å²) in [6, 6.07) is 7.03. The number of carbonyl (C=O) groups is 1. The molecule has 0 spiro atoms. The Balaban J connectivity index is 1.87. The molecule has 0 aliphatic carbocycles. The van der Waals surface area contributed by atoms with E-state index < -0.39 is 36.3 Å². The monoisotopic (exact) mass is 639 g/mol. The summed E-state index contributed by atoms with van der Waals surface area (Å²) in [6.45, 7) is 11.6. The van der Waals surface area contributed by atoms with Crippen LogP contribution in [0.25, 0.3) is 0 Å². The molecule has 172 valence electrons. The van der Waals surface area contributed by atoms with Gasteiger partial charge in [0.1, 0.15) is 0 Å². The first-order valence-electron chi connectivity index (χ1n) is 10.4. The molecule has 2 rings (SSSR count). The molecule has 8 nitrogen and oxygen atoms in total. The molecule has 0 aromatic heterocycles. The van der Waals surface area contributed by atoms with Gasteiger partial charge in [0.05, 0.1) is 0 Å². The summed E-state index contributed by atoms with van der Waals surface area (Å²) in [7, 11) is -2.81. The molecule has 1 fully saturated rings. The fraction of sp³-hybridized carbons (Fsp3) is 0.650. The molecule has 0 radical (unpaired) electrons. The average Bonchev–Trinajstić information content (AvgIpc) is 2.70. The molecule has 1 unspecified atom stereocenters. The van der Waals surface area contributed by atoms with E-state index >= 15 is 0 Å². The van der Waals surface area contributed by atoms with Crippen LogP contribution in [0.15, 0.2) is 24.3 Å². The fourth-order valence-corrected chi connectivity index (χ4v) is 16.0. The average molecular weight is 639 g/mol. The van der Waals surface area contributed by atoms with E-state index in [9.17, 15) is 9.36 Å². The molecule has 30 heavy (non-hydrogen) atoms. The maximum absolute atomic E-state index is 13.5. The van der Waals surface area contributed by atoms with Crippen LogP contribution in [0.1, 0.15) is 36.7 Å². The number of carboxylic acids is 1. The van der Waals surface area contributed by atoms with E-state index in [2.05, 4.69) is 9.80 Å². The van der Waals surface area contributed by atoms with E-state index in [-0.39, 0.29) is 0 Å². The van der Waals surface area contributed by atoms with Gasteiger partial charge in [0, 0.05) is 0 Å². The van der Waals surface area contributed by atoms with Gasteiger partial charge in [0.2, 0.25) is 0 Å². The van der Waals surface area contributed by atoms with Crippen LogP contribution in [0.5, 0.6) is 0 Å². The van der Waals surface area contributed by atoms with Crippen LogP contribution in [0, 0.1) is 0 Å². The van der Waals surface area contributed by atoms with Crippen LogP contribution < -0.4 is 0 Å². The van der Waals surface area contributed by atoms with Crippen molar-refractivity contribution in [2.75, 3.05) is 56.1 Å². The molecule has 1 saturated heterocycles. The van der Waals surface area contributed by atoms with Crippen molar-refractivity contribution in [3.63, 3.8) is 0 Å². The molecule has 1 aromatic carbocycles. The van der Waals surface area contributed by atoms with Gasteiger partial charge in [0.25, 0.3) is 0 Å². The fourth-order valence-electron chi connectivity index (χ4n) is 3.35. The van der Waals surface area contributed by atoms with Crippen molar-refractivity contribution in [1.82, 2.24) is 9.80 Å². The first kappa shape index (κ1) is 25.9. The Morgan fingerprint density at radius 1 is 1.00 bits per heavy atom. The Bertz CT molecular complexity index is 691. The van der Waals surface area contributed by atoms with E-state index in [1.54, 1.807) is 12.1 Å². The Morgan fingerprint density at radius 3 is 2.07 bits per heavy atom. The number of piperazine rings is 1. The molecule has 1 N–H and O–H groups in total. The minimum atomic E-state index is -2.81. The summed E-state index contributed by atoms with van der Waals surface area (Å²) in [6.07, 6.45) is 0.452. The third kappa shape index (κ3) is 8.63. The van der Waals surface area contributed by atoms with Crippen molar-refractivity contribution in [1.29, 1.82) is 0 Å². The van der Waals surface area contributed by atoms with Crippen molar-refractivity contribution >= 4 is 36.3 Å². The Morgan fingerprint density at radius 2 is 1.57 bits per heavy atom. The van der Waals surface area contributed by atoms with E-state index in [1.165, 1.54) is 0 Å². The van der Waals surface area contributed by atoms with Gasteiger partial charge >= 0.3 is 180 Å². The van der Waals surface area contributed by atoms with Crippen LogP contribution >= 0.6 is 7.37 Å². The molecule has 0 bridgehead atoms. The number of hydrogen-bond donors (Lipinski definition) is 1. The molecule has 1 atom stereocenters. The molecule has 1 aromatic rings. The summed E-state index contributed by atoms with van der Waals surface area (Å²) in [4.78, 5) is 15.5. The van der Waals surface area contributed by atoms with Gasteiger partial charge in [-0.15, -0.1) is 0 Å². The van der Waals surface area contributed by atoms with Crippen LogP contribution in [0.4, 0.5) is 0 Å². The third-order valence-corrected chi connectivity index (χ3v) is 18.9. The van der Waals surface area contributed by atoms with E-state index in [0.29, 0.717) is 35.5 Å². The van der Waals surface area contributed by atoms with Gasteiger partial charge in [0.15, 0.2) is 0 Å². The molecule has 10 heteroatoms. The normalized spacial score (nSPS) is 18.2. The van der Waals surface area contributed by atoms with Crippen LogP contribution in [0.2, 0.25) is 0 Å². The van der Waals surface area contributed by atoms with Crippen LogP contribution in [0.3, 0.4) is 0 Å². The standard InChI is InChI=1S/C16H24N2O4P.2C2H5O.Po.H/c1-3-22-23(2,21)13-18-10-8-17(9-11-18)12-14-4-6-15(7-5-14)16(19)20;2*1-2-3;;/h4-7H,2-3,8-13H2,1H3,(H,19,20);2*2H2,1H3;;/q;2*-1;+2;. The topological polar surface area (TPSA) is 88.5 Å². The number of carboxylic acid groups (broad SMARTS) is 1. The minimum absolute atomic E-state index is 0.304. The first-order valence-corrected chi connectivity index (χ1v) is 17.7. The van der Waals surface area contributed by atoms with Gasteiger partial charge in [-0.25, -0.2) is 4.79 Å². The summed E-state index contributed by atoms with van der Waals surface area (Å²) in [5, 5.41) is 9.01. The molecular formula is C20H35N2O6PPo. The number of nitrogens with zero attached hydrogens (tertiary/aromatic N) is 2. The van der Waals surface area contributed by atoms with Gasteiger partial charge in [-0.3, -0.25) is 0 Å². The van der Waals surface area contributed by atoms with Crippen LogP contribution in [-0.4, -0.2) is 99.9 Å². The second-order valence-corrected chi connectivity index (χ2v) is 17.4. The molecule has 1 aliphatic heterocycles.